The molecule has 0 aromatic carbocycles. The van der Waals surface area contributed by atoms with Crippen molar-refractivity contribution in [3.8, 4) is 11.5 Å². The molecule has 0 aliphatic rings. The van der Waals surface area contributed by atoms with Gasteiger partial charge in [0.25, 0.3) is 5.56 Å². The highest BCUT2D eigenvalue weighted by Crippen LogP contribution is 2.30. The normalized spacial score (nSPS) is 11.3. The molecule has 0 saturated heterocycles. The van der Waals surface area contributed by atoms with E-state index in [4.69, 9.17) is 0 Å². The van der Waals surface area contributed by atoms with Gasteiger partial charge < -0.3 is 14.5 Å². The molecular formula is C7H5F3INO3. The Kier molecular flexibility index (Phi) is 3.47. The number of H-pyrrole nitrogens is 1. The van der Waals surface area contributed by atoms with E-state index < -0.39 is 17.7 Å². The summed E-state index contributed by atoms with van der Waals surface area (Å²) in [6.07, 6.45) is -3.97. The third kappa shape index (κ3) is 3.01. The van der Waals surface area contributed by atoms with Gasteiger partial charge in [-0.05, 0) is 22.6 Å². The van der Waals surface area contributed by atoms with Crippen molar-refractivity contribution < 1.29 is 22.6 Å². The average molecular weight is 335 g/mol. The zero-order valence-corrected chi connectivity index (χ0v) is 9.47. The molecule has 1 rings (SSSR count). The molecular weight excluding hydrogens is 330 g/mol. The van der Waals surface area contributed by atoms with Gasteiger partial charge in [0.05, 0.1) is 7.11 Å². The van der Waals surface area contributed by atoms with Gasteiger partial charge >= 0.3 is 6.36 Å². The van der Waals surface area contributed by atoms with E-state index in [1.165, 1.54) is 29.7 Å². The van der Waals surface area contributed by atoms with Gasteiger partial charge in [-0.1, -0.05) is 0 Å². The average Bonchev–Trinajstić information content (AvgIpc) is 2.09. The summed E-state index contributed by atoms with van der Waals surface area (Å²) in [5.41, 5.74) is -0.614. The second-order valence-electron chi connectivity index (χ2n) is 2.38. The summed E-state index contributed by atoms with van der Waals surface area (Å²) in [4.78, 5) is 13.1. The summed E-state index contributed by atoms with van der Waals surface area (Å²) in [6, 6.07) is 0. The fraction of sp³-hybridized carbons (Fsp3) is 0.286. The van der Waals surface area contributed by atoms with Crippen molar-refractivity contribution in [2.24, 2.45) is 0 Å². The topological polar surface area (TPSA) is 51.3 Å². The van der Waals surface area contributed by atoms with E-state index in [0.717, 1.165) is 6.20 Å². The molecule has 0 unspecified atom stereocenters. The van der Waals surface area contributed by atoms with Gasteiger partial charge in [0.2, 0.25) is 5.75 Å². The van der Waals surface area contributed by atoms with Crippen LogP contribution in [0.15, 0.2) is 11.0 Å². The lowest BCUT2D eigenvalue weighted by atomic mass is 10.4. The van der Waals surface area contributed by atoms with Crippen LogP contribution < -0.4 is 15.0 Å². The van der Waals surface area contributed by atoms with Gasteiger partial charge in [0, 0.05) is 6.20 Å². The molecule has 0 atom stereocenters. The third-order valence-electron chi connectivity index (χ3n) is 1.39. The van der Waals surface area contributed by atoms with Gasteiger partial charge in [-0.2, -0.15) is 0 Å². The fourth-order valence-electron chi connectivity index (χ4n) is 0.853. The predicted octanol–water partition coefficient (Wildman–Crippen LogP) is 1.89. The van der Waals surface area contributed by atoms with E-state index in [2.05, 4.69) is 14.5 Å². The van der Waals surface area contributed by atoms with Gasteiger partial charge in [-0.15, -0.1) is 13.2 Å². The molecule has 84 valence electrons. The molecule has 0 aliphatic carbocycles. The van der Waals surface area contributed by atoms with E-state index in [1.807, 2.05) is 0 Å². The Bertz CT molecular complexity index is 415. The summed E-state index contributed by atoms with van der Waals surface area (Å²) >= 11 is 1.54. The first-order valence-corrected chi connectivity index (χ1v) is 4.64. The molecule has 0 bridgehead atoms. The van der Waals surface area contributed by atoms with Gasteiger partial charge in [0.1, 0.15) is 3.57 Å². The quantitative estimate of drug-likeness (QED) is 0.840. The first-order valence-electron chi connectivity index (χ1n) is 3.56. The van der Waals surface area contributed by atoms with Crippen LogP contribution in [0.1, 0.15) is 0 Å². The lowest BCUT2D eigenvalue weighted by Crippen LogP contribution is -2.20. The zero-order valence-electron chi connectivity index (χ0n) is 7.31. The largest absolute Gasteiger partial charge is 0.573 e. The van der Waals surface area contributed by atoms with Crippen LogP contribution in [0.5, 0.6) is 11.5 Å². The molecule has 4 nitrogen and oxygen atoms in total. The van der Waals surface area contributed by atoms with Gasteiger partial charge in [-0.25, -0.2) is 0 Å². The SMILES string of the molecule is COc1c(I)c(OC(F)(F)F)c[nH]c1=O. The number of nitrogens with one attached hydrogen (secondary N) is 1. The van der Waals surface area contributed by atoms with Crippen LogP contribution in [0.25, 0.3) is 0 Å². The number of aromatic amines is 1. The second-order valence-corrected chi connectivity index (χ2v) is 3.46. The molecule has 1 aromatic rings. The Balaban J connectivity index is 3.17. The van der Waals surface area contributed by atoms with Crippen molar-refractivity contribution in [1.82, 2.24) is 4.98 Å². The fourth-order valence-corrected chi connectivity index (χ4v) is 1.58. The van der Waals surface area contributed by atoms with Crippen molar-refractivity contribution in [2.75, 3.05) is 7.11 Å². The number of hydrogen-bond acceptors (Lipinski definition) is 3. The molecule has 1 aromatic heterocycles. The first kappa shape index (κ1) is 12.1. The molecule has 0 fully saturated rings. The minimum absolute atomic E-state index is 0.0313. The number of halogens is 4. The summed E-state index contributed by atoms with van der Waals surface area (Å²) in [5, 5.41) is 0. The highest BCUT2D eigenvalue weighted by atomic mass is 127. The smallest absolute Gasteiger partial charge is 0.490 e. The van der Waals surface area contributed by atoms with Crippen LogP contribution >= 0.6 is 22.6 Å². The summed E-state index contributed by atoms with van der Waals surface area (Å²) in [5.74, 6) is -0.711. The maximum Gasteiger partial charge on any atom is 0.573 e. The Hall–Kier alpha value is -0.930. The van der Waals surface area contributed by atoms with Crippen molar-refractivity contribution in [2.45, 2.75) is 6.36 Å². The Morgan fingerprint density at radius 3 is 2.53 bits per heavy atom. The van der Waals surface area contributed by atoms with Crippen LogP contribution in [0, 0.1) is 3.57 Å². The Labute approximate surface area is 95.5 Å². The van der Waals surface area contributed by atoms with Crippen LogP contribution in [-0.4, -0.2) is 18.5 Å². The molecule has 0 amide bonds. The maximum absolute atomic E-state index is 11.9. The molecule has 0 saturated carbocycles. The summed E-state index contributed by atoms with van der Waals surface area (Å²) in [7, 11) is 1.18. The van der Waals surface area contributed by atoms with Crippen LogP contribution in [-0.2, 0) is 0 Å². The number of alkyl halides is 3. The summed E-state index contributed by atoms with van der Waals surface area (Å²) < 4.78 is 44.0. The highest BCUT2D eigenvalue weighted by molar-refractivity contribution is 14.1. The van der Waals surface area contributed by atoms with Crippen LogP contribution in [0.4, 0.5) is 13.2 Å². The van der Waals surface area contributed by atoms with E-state index in [1.54, 1.807) is 0 Å². The summed E-state index contributed by atoms with van der Waals surface area (Å²) in [6.45, 7) is 0. The molecule has 0 spiro atoms. The lowest BCUT2D eigenvalue weighted by Gasteiger charge is -2.11. The molecule has 1 heterocycles. The van der Waals surface area contributed by atoms with Crippen LogP contribution in [0.2, 0.25) is 0 Å². The van der Waals surface area contributed by atoms with Crippen molar-refractivity contribution in [3.05, 3.63) is 20.1 Å². The number of ether oxygens (including phenoxy) is 2. The lowest BCUT2D eigenvalue weighted by molar-refractivity contribution is -0.275. The molecule has 1 N–H and O–H groups in total. The molecule has 15 heavy (non-hydrogen) atoms. The standard InChI is InChI=1S/C7H5F3INO3/c1-14-5-4(11)3(2-12-6(5)13)15-7(8,9)10/h2H,1H3,(H,12,13). The monoisotopic (exact) mass is 335 g/mol. The number of rotatable bonds is 2. The second kappa shape index (κ2) is 4.29. The molecule has 0 radical (unpaired) electrons. The minimum atomic E-state index is -4.80. The zero-order chi connectivity index (χ0) is 11.6. The Morgan fingerprint density at radius 1 is 1.47 bits per heavy atom. The van der Waals surface area contributed by atoms with E-state index in [9.17, 15) is 18.0 Å². The molecule has 0 aliphatic heterocycles. The third-order valence-corrected chi connectivity index (χ3v) is 2.41. The number of aromatic nitrogens is 1. The highest BCUT2D eigenvalue weighted by Gasteiger charge is 2.32. The van der Waals surface area contributed by atoms with E-state index in [-0.39, 0.29) is 9.32 Å². The maximum atomic E-state index is 11.9. The number of pyridine rings is 1. The van der Waals surface area contributed by atoms with E-state index >= 15 is 0 Å². The van der Waals surface area contributed by atoms with Crippen molar-refractivity contribution in [1.29, 1.82) is 0 Å². The first-order chi connectivity index (χ1) is 6.85. The van der Waals surface area contributed by atoms with Gasteiger partial charge in [0.15, 0.2) is 5.75 Å². The number of methoxy groups -OCH3 is 1. The minimum Gasteiger partial charge on any atom is -0.490 e. The Morgan fingerprint density at radius 2 is 2.07 bits per heavy atom. The van der Waals surface area contributed by atoms with Crippen molar-refractivity contribution >= 4 is 22.6 Å². The molecule has 8 heteroatoms. The predicted molar refractivity (Wildman–Crippen MR) is 53.0 cm³/mol. The van der Waals surface area contributed by atoms with Crippen molar-refractivity contribution in [3.63, 3.8) is 0 Å². The van der Waals surface area contributed by atoms with E-state index in [0.29, 0.717) is 0 Å². The van der Waals surface area contributed by atoms with Gasteiger partial charge in [-0.3, -0.25) is 4.79 Å². The van der Waals surface area contributed by atoms with Crippen LogP contribution in [0.3, 0.4) is 0 Å². The number of hydrogen-bond donors (Lipinski definition) is 1.